The first-order valence-corrected chi connectivity index (χ1v) is 5.79. The Morgan fingerprint density at radius 2 is 2.53 bits per heavy atom. The van der Waals surface area contributed by atoms with Gasteiger partial charge in [-0.2, -0.15) is 0 Å². The van der Waals surface area contributed by atoms with Gasteiger partial charge in [0.1, 0.15) is 5.82 Å². The van der Waals surface area contributed by atoms with Gasteiger partial charge in [-0.3, -0.25) is 4.79 Å². The van der Waals surface area contributed by atoms with Crippen molar-refractivity contribution in [3.63, 3.8) is 0 Å². The quantitative estimate of drug-likeness (QED) is 0.816. The first-order valence-electron chi connectivity index (χ1n) is 5.79. The molecule has 2 heterocycles. The van der Waals surface area contributed by atoms with E-state index in [-0.39, 0.29) is 6.10 Å². The molecule has 92 valence electrons. The molecule has 1 fully saturated rings. The van der Waals surface area contributed by atoms with Crippen molar-refractivity contribution in [1.29, 1.82) is 0 Å². The fraction of sp³-hybridized carbons (Fsp3) is 0.500. The fourth-order valence-electron chi connectivity index (χ4n) is 2.02. The molecule has 0 radical (unpaired) electrons. The maximum atomic E-state index is 11.2. The van der Waals surface area contributed by atoms with Crippen LogP contribution in [0.2, 0.25) is 0 Å². The van der Waals surface area contributed by atoms with Crippen LogP contribution in [0, 0.1) is 5.92 Å². The summed E-state index contributed by atoms with van der Waals surface area (Å²) in [6.45, 7) is 3.61. The van der Waals surface area contributed by atoms with E-state index in [1.165, 1.54) is 0 Å². The zero-order valence-electron chi connectivity index (χ0n) is 9.85. The highest BCUT2D eigenvalue weighted by atomic mass is 16.5. The van der Waals surface area contributed by atoms with Gasteiger partial charge in [0.25, 0.3) is 5.91 Å². The molecule has 0 aromatic carbocycles. The SMILES string of the molecule is CC1OCCC1CNc1ncccc1C(N)=O. The Labute approximate surface area is 100 Å². The van der Waals surface area contributed by atoms with Crippen molar-refractivity contribution < 1.29 is 9.53 Å². The second-order valence-corrected chi connectivity index (χ2v) is 4.27. The van der Waals surface area contributed by atoms with Gasteiger partial charge in [0.05, 0.1) is 11.7 Å². The predicted molar refractivity (Wildman–Crippen MR) is 64.8 cm³/mol. The van der Waals surface area contributed by atoms with Gasteiger partial charge in [-0.15, -0.1) is 0 Å². The highest BCUT2D eigenvalue weighted by Gasteiger charge is 2.24. The fourth-order valence-corrected chi connectivity index (χ4v) is 2.02. The Morgan fingerprint density at radius 3 is 3.18 bits per heavy atom. The summed E-state index contributed by atoms with van der Waals surface area (Å²) in [4.78, 5) is 15.3. The molecule has 0 saturated carbocycles. The van der Waals surface area contributed by atoms with Gasteiger partial charge < -0.3 is 15.8 Å². The number of nitrogens with one attached hydrogen (secondary N) is 1. The van der Waals surface area contributed by atoms with E-state index >= 15 is 0 Å². The molecule has 0 spiro atoms. The van der Waals surface area contributed by atoms with Crippen LogP contribution in [0.15, 0.2) is 18.3 Å². The minimum atomic E-state index is -0.462. The topological polar surface area (TPSA) is 77.2 Å². The van der Waals surface area contributed by atoms with Crippen molar-refractivity contribution in [3.05, 3.63) is 23.9 Å². The summed E-state index contributed by atoms with van der Waals surface area (Å²) in [5, 5.41) is 3.18. The molecule has 17 heavy (non-hydrogen) atoms. The number of hydrogen-bond donors (Lipinski definition) is 2. The smallest absolute Gasteiger partial charge is 0.252 e. The van der Waals surface area contributed by atoms with Crippen LogP contribution in [0.4, 0.5) is 5.82 Å². The molecule has 1 saturated heterocycles. The van der Waals surface area contributed by atoms with Crippen molar-refractivity contribution >= 4 is 11.7 Å². The minimum Gasteiger partial charge on any atom is -0.378 e. The molecule has 0 aliphatic carbocycles. The van der Waals surface area contributed by atoms with Crippen LogP contribution < -0.4 is 11.1 Å². The summed E-state index contributed by atoms with van der Waals surface area (Å²) >= 11 is 0. The molecular weight excluding hydrogens is 218 g/mol. The lowest BCUT2D eigenvalue weighted by Crippen LogP contribution is -2.23. The van der Waals surface area contributed by atoms with Gasteiger partial charge in [-0.05, 0) is 25.5 Å². The van der Waals surface area contributed by atoms with Gasteiger partial charge in [-0.1, -0.05) is 0 Å². The van der Waals surface area contributed by atoms with Crippen LogP contribution in [0.25, 0.3) is 0 Å². The molecule has 3 N–H and O–H groups in total. The maximum Gasteiger partial charge on any atom is 0.252 e. The number of anilines is 1. The highest BCUT2D eigenvalue weighted by Crippen LogP contribution is 2.21. The highest BCUT2D eigenvalue weighted by molar-refractivity contribution is 5.97. The molecule has 5 nitrogen and oxygen atoms in total. The van der Waals surface area contributed by atoms with Gasteiger partial charge in [0.15, 0.2) is 0 Å². The molecule has 5 heteroatoms. The Bertz CT molecular complexity index is 408. The van der Waals surface area contributed by atoms with E-state index in [0.29, 0.717) is 17.3 Å². The first kappa shape index (κ1) is 11.9. The predicted octanol–water partition coefficient (Wildman–Crippen LogP) is 1.02. The third-order valence-corrected chi connectivity index (χ3v) is 3.14. The summed E-state index contributed by atoms with van der Waals surface area (Å²) in [5.74, 6) is 0.549. The number of pyridine rings is 1. The molecular formula is C12H17N3O2. The molecule has 2 atom stereocenters. The Balaban J connectivity index is 2.01. The lowest BCUT2D eigenvalue weighted by atomic mass is 10.0. The van der Waals surface area contributed by atoms with E-state index in [0.717, 1.165) is 19.6 Å². The van der Waals surface area contributed by atoms with Crippen molar-refractivity contribution in [2.45, 2.75) is 19.4 Å². The van der Waals surface area contributed by atoms with Crippen LogP contribution in [-0.4, -0.2) is 30.1 Å². The average molecular weight is 235 g/mol. The normalized spacial score (nSPS) is 23.6. The van der Waals surface area contributed by atoms with E-state index in [2.05, 4.69) is 17.2 Å². The summed E-state index contributed by atoms with van der Waals surface area (Å²) in [6.07, 6.45) is 2.93. The summed E-state index contributed by atoms with van der Waals surface area (Å²) in [6, 6.07) is 3.37. The Hall–Kier alpha value is -1.62. The van der Waals surface area contributed by atoms with E-state index < -0.39 is 5.91 Å². The number of primary amides is 1. The maximum absolute atomic E-state index is 11.2. The summed E-state index contributed by atoms with van der Waals surface area (Å²) in [5.41, 5.74) is 5.71. The zero-order chi connectivity index (χ0) is 12.3. The van der Waals surface area contributed by atoms with E-state index in [1.54, 1.807) is 18.3 Å². The van der Waals surface area contributed by atoms with Gasteiger partial charge in [-0.25, -0.2) is 4.98 Å². The molecule has 1 amide bonds. The number of ether oxygens (including phenoxy) is 1. The number of carbonyl (C=O) groups excluding carboxylic acids is 1. The number of hydrogen-bond acceptors (Lipinski definition) is 4. The second kappa shape index (κ2) is 5.14. The van der Waals surface area contributed by atoms with Crippen molar-refractivity contribution in [2.24, 2.45) is 11.7 Å². The monoisotopic (exact) mass is 235 g/mol. The molecule has 2 unspecified atom stereocenters. The van der Waals surface area contributed by atoms with Crippen molar-refractivity contribution in [1.82, 2.24) is 4.98 Å². The summed E-state index contributed by atoms with van der Waals surface area (Å²) < 4.78 is 5.48. The molecule has 1 aliphatic heterocycles. The van der Waals surface area contributed by atoms with Crippen LogP contribution >= 0.6 is 0 Å². The van der Waals surface area contributed by atoms with Gasteiger partial charge in [0.2, 0.25) is 0 Å². The second-order valence-electron chi connectivity index (χ2n) is 4.27. The minimum absolute atomic E-state index is 0.253. The molecule has 1 aliphatic rings. The van der Waals surface area contributed by atoms with Gasteiger partial charge in [0, 0.05) is 25.3 Å². The van der Waals surface area contributed by atoms with Crippen LogP contribution in [0.1, 0.15) is 23.7 Å². The Morgan fingerprint density at radius 1 is 1.71 bits per heavy atom. The number of nitrogens with two attached hydrogens (primary N) is 1. The molecule has 2 rings (SSSR count). The average Bonchev–Trinajstić information content (AvgIpc) is 2.72. The van der Waals surface area contributed by atoms with Crippen molar-refractivity contribution in [2.75, 3.05) is 18.5 Å². The molecule has 1 aromatic rings. The van der Waals surface area contributed by atoms with E-state index in [1.807, 2.05) is 0 Å². The van der Waals surface area contributed by atoms with Crippen LogP contribution in [0.5, 0.6) is 0 Å². The third kappa shape index (κ3) is 2.74. The summed E-state index contributed by atoms with van der Waals surface area (Å²) in [7, 11) is 0. The third-order valence-electron chi connectivity index (χ3n) is 3.14. The first-order chi connectivity index (χ1) is 8.18. The van der Waals surface area contributed by atoms with E-state index in [9.17, 15) is 4.79 Å². The lowest BCUT2D eigenvalue weighted by molar-refractivity contribution is 0.100. The Kier molecular flexibility index (Phi) is 3.58. The van der Waals surface area contributed by atoms with E-state index in [4.69, 9.17) is 10.5 Å². The number of amides is 1. The number of nitrogens with zero attached hydrogens (tertiary/aromatic N) is 1. The van der Waals surface area contributed by atoms with Crippen LogP contribution in [-0.2, 0) is 4.74 Å². The zero-order valence-corrected chi connectivity index (χ0v) is 9.85. The van der Waals surface area contributed by atoms with Crippen molar-refractivity contribution in [3.8, 4) is 0 Å². The van der Waals surface area contributed by atoms with Crippen LogP contribution in [0.3, 0.4) is 0 Å². The number of aromatic nitrogens is 1. The standard InChI is InChI=1S/C12H17N3O2/c1-8-9(4-6-17-8)7-15-12-10(11(13)16)3-2-5-14-12/h2-3,5,8-9H,4,6-7H2,1H3,(H2,13,16)(H,14,15). The number of carbonyl (C=O) groups is 1. The number of rotatable bonds is 4. The lowest BCUT2D eigenvalue weighted by Gasteiger charge is -2.16. The molecule has 0 bridgehead atoms. The molecule has 1 aromatic heterocycles. The largest absolute Gasteiger partial charge is 0.378 e. The van der Waals surface area contributed by atoms with Gasteiger partial charge >= 0.3 is 0 Å².